The second-order valence-corrected chi connectivity index (χ2v) is 11.3. The van der Waals surface area contributed by atoms with Gasteiger partial charge in [0.05, 0.1) is 16.9 Å². The van der Waals surface area contributed by atoms with Crippen molar-refractivity contribution in [3.8, 4) is 11.5 Å². The molecule has 1 amide bonds. The molecule has 1 aliphatic heterocycles. The summed E-state index contributed by atoms with van der Waals surface area (Å²) in [5, 5.41) is 0.0631. The van der Waals surface area contributed by atoms with E-state index < -0.39 is 10.0 Å². The lowest BCUT2D eigenvalue weighted by Gasteiger charge is -2.12. The Hall–Kier alpha value is -3.34. The molecule has 1 aliphatic rings. The van der Waals surface area contributed by atoms with Gasteiger partial charge in [0.1, 0.15) is 6.61 Å². The Morgan fingerprint density at radius 2 is 1.78 bits per heavy atom. The maximum atomic E-state index is 13.1. The largest absolute Gasteiger partial charge is 0.493 e. The second kappa shape index (κ2) is 11.8. The van der Waals surface area contributed by atoms with Gasteiger partial charge < -0.3 is 9.47 Å². The molecule has 10 heteroatoms. The fraction of sp³-hybridized carbons (Fsp3) is 0.111. The zero-order chi connectivity index (χ0) is 26.4. The maximum Gasteiger partial charge on any atom is 0.284 e. The molecule has 0 bridgehead atoms. The minimum atomic E-state index is -4.03. The highest BCUT2D eigenvalue weighted by Crippen LogP contribution is 2.36. The standard InChI is InChI=1S/C27H23BrN2O5S2/c1-3-15-30-26(31)25(36-27(30)29-37(32,33)22-12-10-21(28)11-13-22)17-20-9-14-23(34-2)24(16-20)35-18-19-7-5-4-6-8-19/h3-14,16-17H,1,15,18H2,2H3/b25-17-,29-27+. The predicted molar refractivity (Wildman–Crippen MR) is 150 cm³/mol. The lowest BCUT2D eigenvalue weighted by atomic mass is 10.1. The van der Waals surface area contributed by atoms with E-state index in [9.17, 15) is 13.2 Å². The van der Waals surface area contributed by atoms with E-state index in [0.717, 1.165) is 21.8 Å². The van der Waals surface area contributed by atoms with E-state index in [-0.39, 0.29) is 22.5 Å². The van der Waals surface area contributed by atoms with E-state index >= 15 is 0 Å². The van der Waals surface area contributed by atoms with Gasteiger partial charge in [-0.2, -0.15) is 8.42 Å². The van der Waals surface area contributed by atoms with Gasteiger partial charge in [-0.05, 0) is 65.4 Å². The van der Waals surface area contributed by atoms with Crippen LogP contribution in [0.15, 0.2) is 104 Å². The molecule has 4 rings (SSSR count). The van der Waals surface area contributed by atoms with Crippen molar-refractivity contribution in [2.45, 2.75) is 11.5 Å². The van der Waals surface area contributed by atoms with Crippen molar-refractivity contribution in [2.75, 3.05) is 13.7 Å². The summed E-state index contributed by atoms with van der Waals surface area (Å²) in [6.07, 6.45) is 3.19. The SMILES string of the molecule is C=CCN1C(=O)/C(=C/c2ccc(OC)c(OCc3ccccc3)c2)S/C1=N/S(=O)(=O)c1ccc(Br)cc1. The molecule has 0 N–H and O–H groups in total. The summed E-state index contributed by atoms with van der Waals surface area (Å²) >= 11 is 4.28. The fourth-order valence-corrected chi connectivity index (χ4v) is 5.87. The Bertz CT molecular complexity index is 1470. The number of halogens is 1. The van der Waals surface area contributed by atoms with Gasteiger partial charge >= 0.3 is 0 Å². The van der Waals surface area contributed by atoms with Crippen molar-refractivity contribution < 1.29 is 22.7 Å². The summed E-state index contributed by atoms with van der Waals surface area (Å²) in [4.78, 5) is 14.8. The van der Waals surface area contributed by atoms with Crippen LogP contribution >= 0.6 is 27.7 Å². The minimum Gasteiger partial charge on any atom is -0.493 e. The number of ether oxygens (including phenoxy) is 2. The highest BCUT2D eigenvalue weighted by atomic mass is 79.9. The van der Waals surface area contributed by atoms with E-state index in [0.29, 0.717) is 28.6 Å². The number of thioether (sulfide) groups is 1. The first-order valence-corrected chi connectivity index (χ1v) is 14.1. The zero-order valence-corrected chi connectivity index (χ0v) is 23.1. The molecule has 0 saturated carbocycles. The molecule has 0 radical (unpaired) electrons. The molecule has 1 heterocycles. The predicted octanol–water partition coefficient (Wildman–Crippen LogP) is 5.88. The summed E-state index contributed by atoms with van der Waals surface area (Å²) in [6.45, 7) is 4.15. The van der Waals surface area contributed by atoms with Crippen LogP contribution in [0.25, 0.3) is 6.08 Å². The van der Waals surface area contributed by atoms with Crippen molar-refractivity contribution >= 4 is 54.9 Å². The number of hydrogen-bond donors (Lipinski definition) is 0. The zero-order valence-electron chi connectivity index (χ0n) is 19.8. The maximum absolute atomic E-state index is 13.1. The molecule has 3 aromatic rings. The number of amides is 1. The Balaban J connectivity index is 1.63. The number of amidine groups is 1. The van der Waals surface area contributed by atoms with Crippen LogP contribution in [0.5, 0.6) is 11.5 Å². The monoisotopic (exact) mass is 598 g/mol. The quantitative estimate of drug-likeness (QED) is 0.226. The number of hydrogen-bond acceptors (Lipinski definition) is 6. The van der Waals surface area contributed by atoms with Gasteiger partial charge in [-0.3, -0.25) is 9.69 Å². The van der Waals surface area contributed by atoms with Gasteiger partial charge in [0.15, 0.2) is 16.7 Å². The van der Waals surface area contributed by atoms with E-state index in [2.05, 4.69) is 26.9 Å². The van der Waals surface area contributed by atoms with Crippen LogP contribution in [0.3, 0.4) is 0 Å². The fourth-order valence-electron chi connectivity index (χ4n) is 3.41. The van der Waals surface area contributed by atoms with Crippen LogP contribution in [0.1, 0.15) is 11.1 Å². The van der Waals surface area contributed by atoms with Crippen molar-refractivity contribution in [1.82, 2.24) is 4.90 Å². The Morgan fingerprint density at radius 3 is 2.46 bits per heavy atom. The van der Waals surface area contributed by atoms with Gasteiger partial charge in [0, 0.05) is 11.0 Å². The molecule has 0 aliphatic carbocycles. The van der Waals surface area contributed by atoms with Crippen LogP contribution < -0.4 is 9.47 Å². The van der Waals surface area contributed by atoms with E-state index in [1.54, 1.807) is 43.5 Å². The minimum absolute atomic E-state index is 0.0302. The first kappa shape index (κ1) is 26.7. The molecule has 0 unspecified atom stereocenters. The van der Waals surface area contributed by atoms with E-state index in [4.69, 9.17) is 9.47 Å². The van der Waals surface area contributed by atoms with Gasteiger partial charge in [-0.1, -0.05) is 58.4 Å². The summed E-state index contributed by atoms with van der Waals surface area (Å²) < 4.78 is 41.9. The van der Waals surface area contributed by atoms with Crippen LogP contribution in [-0.2, 0) is 21.4 Å². The summed E-state index contributed by atoms with van der Waals surface area (Å²) in [7, 11) is -2.47. The molecule has 0 aromatic heterocycles. The third kappa shape index (κ3) is 6.51. The number of carbonyl (C=O) groups is 1. The molecular formula is C27H23BrN2O5S2. The highest BCUT2D eigenvalue weighted by molar-refractivity contribution is 9.10. The summed E-state index contributed by atoms with van der Waals surface area (Å²) in [6, 6.07) is 21.2. The number of carbonyl (C=O) groups excluding carboxylic acids is 1. The molecule has 0 spiro atoms. The van der Waals surface area contributed by atoms with Crippen LogP contribution in [0, 0.1) is 0 Å². The van der Waals surface area contributed by atoms with E-state index in [1.165, 1.54) is 23.1 Å². The number of nitrogens with zero attached hydrogens (tertiary/aromatic N) is 2. The normalized spacial score (nSPS) is 15.8. The van der Waals surface area contributed by atoms with Crippen molar-refractivity contribution in [2.24, 2.45) is 4.40 Å². The average Bonchev–Trinajstić information content (AvgIpc) is 3.17. The third-order valence-corrected chi connectivity index (χ3v) is 8.16. The number of rotatable bonds is 9. The number of methoxy groups -OCH3 is 1. The van der Waals surface area contributed by atoms with Gasteiger partial charge in [0.25, 0.3) is 15.9 Å². The summed E-state index contributed by atoms with van der Waals surface area (Å²) in [5.41, 5.74) is 1.69. The molecule has 1 saturated heterocycles. The topological polar surface area (TPSA) is 85.3 Å². The first-order chi connectivity index (χ1) is 17.8. The average molecular weight is 600 g/mol. The van der Waals surface area contributed by atoms with Crippen LogP contribution in [0.2, 0.25) is 0 Å². The molecular weight excluding hydrogens is 576 g/mol. The van der Waals surface area contributed by atoms with Crippen LogP contribution in [0.4, 0.5) is 0 Å². The summed E-state index contributed by atoms with van der Waals surface area (Å²) in [5.74, 6) is 0.711. The highest BCUT2D eigenvalue weighted by Gasteiger charge is 2.34. The Labute approximate surface area is 228 Å². The van der Waals surface area contributed by atoms with Gasteiger partial charge in [0.2, 0.25) is 0 Å². The van der Waals surface area contributed by atoms with Crippen LogP contribution in [-0.4, -0.2) is 38.0 Å². The molecule has 1 fully saturated rings. The molecule has 190 valence electrons. The molecule has 37 heavy (non-hydrogen) atoms. The number of benzene rings is 3. The first-order valence-electron chi connectivity index (χ1n) is 11.1. The number of sulfonamides is 1. The molecule has 7 nitrogen and oxygen atoms in total. The lowest BCUT2D eigenvalue weighted by Crippen LogP contribution is -2.29. The van der Waals surface area contributed by atoms with Crippen molar-refractivity contribution in [1.29, 1.82) is 0 Å². The Morgan fingerprint density at radius 1 is 1.05 bits per heavy atom. The second-order valence-electron chi connectivity index (χ2n) is 7.80. The van der Waals surface area contributed by atoms with Gasteiger partial charge in [-0.15, -0.1) is 11.0 Å². The lowest BCUT2D eigenvalue weighted by molar-refractivity contribution is -0.121. The molecule has 0 atom stereocenters. The third-order valence-electron chi connectivity index (χ3n) is 5.23. The van der Waals surface area contributed by atoms with Crippen molar-refractivity contribution in [3.63, 3.8) is 0 Å². The molecule has 3 aromatic carbocycles. The van der Waals surface area contributed by atoms with Gasteiger partial charge in [-0.25, -0.2) is 0 Å². The van der Waals surface area contributed by atoms with Crippen molar-refractivity contribution in [3.05, 3.63) is 106 Å². The smallest absolute Gasteiger partial charge is 0.284 e. The Kier molecular flexibility index (Phi) is 8.52. The van der Waals surface area contributed by atoms with E-state index in [1.807, 2.05) is 30.3 Å².